The predicted octanol–water partition coefficient (Wildman–Crippen LogP) is 3.75. The molecule has 2 aromatic rings. The molecule has 0 saturated carbocycles. The molecule has 0 aliphatic heterocycles. The number of thioether (sulfide) groups is 1. The van der Waals surface area contributed by atoms with Crippen molar-refractivity contribution >= 4 is 17.4 Å². The Labute approximate surface area is 97.9 Å². The molecule has 0 radical (unpaired) electrons. The predicted molar refractivity (Wildman–Crippen MR) is 64.2 cm³/mol. The lowest BCUT2D eigenvalue weighted by Gasteiger charge is -2.06. The Bertz CT molecular complexity index is 456. The van der Waals surface area contributed by atoms with Gasteiger partial charge in [0, 0.05) is 22.7 Å². The zero-order chi connectivity index (χ0) is 11.4. The molecule has 1 aromatic heterocycles. The Hall–Kier alpha value is -1.42. The van der Waals surface area contributed by atoms with E-state index in [0.29, 0.717) is 11.4 Å². The molecule has 0 aliphatic rings. The molecule has 1 heterocycles. The minimum atomic E-state index is -0.190. The van der Waals surface area contributed by atoms with Crippen molar-refractivity contribution in [1.29, 1.82) is 0 Å². The van der Waals surface area contributed by atoms with E-state index in [0.717, 1.165) is 11.3 Å². The standard InChI is InChI=1S/C12H12FNOS/c1-16-12-3-2-10(6-11(12)13)14-7-9-4-5-15-8-9/h2-6,8,14H,7H2,1H3. The zero-order valence-electron chi connectivity index (χ0n) is 8.87. The van der Waals surface area contributed by atoms with E-state index in [2.05, 4.69) is 5.32 Å². The second kappa shape index (κ2) is 5.07. The van der Waals surface area contributed by atoms with Gasteiger partial charge in [-0.3, -0.25) is 0 Å². The fourth-order valence-corrected chi connectivity index (χ4v) is 1.83. The molecule has 0 spiro atoms. The first-order valence-electron chi connectivity index (χ1n) is 4.88. The van der Waals surface area contributed by atoms with Crippen molar-refractivity contribution in [2.75, 3.05) is 11.6 Å². The normalized spacial score (nSPS) is 10.4. The highest BCUT2D eigenvalue weighted by atomic mass is 32.2. The smallest absolute Gasteiger partial charge is 0.138 e. The summed E-state index contributed by atoms with van der Waals surface area (Å²) in [7, 11) is 0. The fourth-order valence-electron chi connectivity index (χ4n) is 1.37. The molecule has 0 amide bonds. The van der Waals surface area contributed by atoms with Gasteiger partial charge in [0.1, 0.15) is 5.82 Å². The molecule has 16 heavy (non-hydrogen) atoms. The van der Waals surface area contributed by atoms with Crippen molar-refractivity contribution in [3.8, 4) is 0 Å². The van der Waals surface area contributed by atoms with Gasteiger partial charge in [0.2, 0.25) is 0 Å². The zero-order valence-corrected chi connectivity index (χ0v) is 9.68. The van der Waals surface area contributed by atoms with E-state index in [9.17, 15) is 4.39 Å². The van der Waals surface area contributed by atoms with Gasteiger partial charge in [-0.1, -0.05) is 0 Å². The van der Waals surface area contributed by atoms with Crippen LogP contribution in [0.1, 0.15) is 5.56 Å². The summed E-state index contributed by atoms with van der Waals surface area (Å²) in [5.74, 6) is -0.190. The van der Waals surface area contributed by atoms with Gasteiger partial charge >= 0.3 is 0 Å². The summed E-state index contributed by atoms with van der Waals surface area (Å²) >= 11 is 1.40. The lowest BCUT2D eigenvalue weighted by molar-refractivity contribution is 0.564. The quantitative estimate of drug-likeness (QED) is 0.820. The van der Waals surface area contributed by atoms with Gasteiger partial charge in [0.05, 0.1) is 12.5 Å². The third-order valence-corrected chi connectivity index (χ3v) is 3.00. The summed E-state index contributed by atoms with van der Waals surface area (Å²) in [6.45, 7) is 0.633. The van der Waals surface area contributed by atoms with E-state index in [1.165, 1.54) is 17.8 Å². The third kappa shape index (κ3) is 2.58. The van der Waals surface area contributed by atoms with Crippen molar-refractivity contribution in [2.24, 2.45) is 0 Å². The van der Waals surface area contributed by atoms with E-state index in [-0.39, 0.29) is 5.82 Å². The Kier molecular flexibility index (Phi) is 3.51. The Balaban J connectivity index is 2.02. The second-order valence-electron chi connectivity index (χ2n) is 3.33. The topological polar surface area (TPSA) is 25.2 Å². The van der Waals surface area contributed by atoms with Crippen molar-refractivity contribution < 1.29 is 8.81 Å². The Morgan fingerprint density at radius 1 is 1.38 bits per heavy atom. The maximum atomic E-state index is 13.4. The van der Waals surface area contributed by atoms with Crippen molar-refractivity contribution in [2.45, 2.75) is 11.4 Å². The number of furan rings is 1. The molecule has 1 aromatic carbocycles. The summed E-state index contributed by atoms with van der Waals surface area (Å²) in [6, 6.07) is 7.03. The molecule has 0 saturated heterocycles. The van der Waals surface area contributed by atoms with Crippen LogP contribution in [-0.4, -0.2) is 6.26 Å². The minimum absolute atomic E-state index is 0.190. The fraction of sp³-hybridized carbons (Fsp3) is 0.167. The number of halogens is 1. The van der Waals surface area contributed by atoms with E-state index in [4.69, 9.17) is 4.42 Å². The molecule has 0 aliphatic carbocycles. The van der Waals surface area contributed by atoms with Crippen LogP contribution in [0.4, 0.5) is 10.1 Å². The number of nitrogens with one attached hydrogen (secondary N) is 1. The van der Waals surface area contributed by atoms with Crippen LogP contribution >= 0.6 is 11.8 Å². The van der Waals surface area contributed by atoms with Gasteiger partial charge in [-0.2, -0.15) is 0 Å². The molecule has 84 valence electrons. The van der Waals surface area contributed by atoms with Crippen molar-refractivity contribution in [3.63, 3.8) is 0 Å². The molecule has 0 fully saturated rings. The number of hydrogen-bond acceptors (Lipinski definition) is 3. The number of rotatable bonds is 4. The summed E-state index contributed by atoms with van der Waals surface area (Å²) in [6.07, 6.45) is 5.14. The first-order chi connectivity index (χ1) is 7.79. The van der Waals surface area contributed by atoms with Gasteiger partial charge in [-0.25, -0.2) is 4.39 Å². The lowest BCUT2D eigenvalue weighted by Crippen LogP contribution is -1.98. The largest absolute Gasteiger partial charge is 0.472 e. The molecule has 0 atom stereocenters. The van der Waals surface area contributed by atoms with E-state index in [1.54, 1.807) is 18.6 Å². The SMILES string of the molecule is CSc1ccc(NCc2ccoc2)cc1F. The molecule has 1 N–H and O–H groups in total. The van der Waals surface area contributed by atoms with Crippen LogP contribution in [0.2, 0.25) is 0 Å². The highest BCUT2D eigenvalue weighted by Gasteiger charge is 2.02. The monoisotopic (exact) mass is 237 g/mol. The third-order valence-electron chi connectivity index (χ3n) is 2.23. The van der Waals surface area contributed by atoms with Crippen LogP contribution in [0.5, 0.6) is 0 Å². The number of anilines is 1. The van der Waals surface area contributed by atoms with E-state index in [1.807, 2.05) is 18.4 Å². The van der Waals surface area contributed by atoms with Gasteiger partial charge in [-0.15, -0.1) is 11.8 Å². The van der Waals surface area contributed by atoms with Crippen LogP contribution < -0.4 is 5.32 Å². The van der Waals surface area contributed by atoms with Crippen LogP contribution in [0.15, 0.2) is 46.1 Å². The summed E-state index contributed by atoms with van der Waals surface area (Å²) in [5, 5.41) is 3.13. The van der Waals surface area contributed by atoms with Crippen molar-refractivity contribution in [1.82, 2.24) is 0 Å². The molecule has 4 heteroatoms. The summed E-state index contributed by atoms with van der Waals surface area (Å²) in [4.78, 5) is 0.661. The van der Waals surface area contributed by atoms with Gasteiger partial charge < -0.3 is 9.73 Å². The van der Waals surface area contributed by atoms with Gasteiger partial charge in [0.25, 0.3) is 0 Å². The second-order valence-corrected chi connectivity index (χ2v) is 4.18. The minimum Gasteiger partial charge on any atom is -0.472 e. The van der Waals surface area contributed by atoms with Crippen LogP contribution in [0.3, 0.4) is 0 Å². The highest BCUT2D eigenvalue weighted by Crippen LogP contribution is 2.22. The first kappa shape index (κ1) is 11.1. The summed E-state index contributed by atoms with van der Waals surface area (Å²) in [5.41, 5.74) is 1.81. The Morgan fingerprint density at radius 2 is 2.25 bits per heavy atom. The van der Waals surface area contributed by atoms with Gasteiger partial charge in [0.15, 0.2) is 0 Å². The van der Waals surface area contributed by atoms with Gasteiger partial charge in [-0.05, 0) is 30.5 Å². The van der Waals surface area contributed by atoms with Crippen LogP contribution in [0.25, 0.3) is 0 Å². The molecule has 0 bridgehead atoms. The molecule has 2 rings (SSSR count). The van der Waals surface area contributed by atoms with Crippen LogP contribution in [0, 0.1) is 5.82 Å². The molecule has 0 unspecified atom stereocenters. The maximum absolute atomic E-state index is 13.4. The average molecular weight is 237 g/mol. The lowest BCUT2D eigenvalue weighted by atomic mass is 10.3. The highest BCUT2D eigenvalue weighted by molar-refractivity contribution is 7.98. The molecular weight excluding hydrogens is 225 g/mol. The number of hydrogen-bond donors (Lipinski definition) is 1. The van der Waals surface area contributed by atoms with E-state index >= 15 is 0 Å². The molecule has 2 nitrogen and oxygen atoms in total. The average Bonchev–Trinajstić information content (AvgIpc) is 2.79. The van der Waals surface area contributed by atoms with E-state index < -0.39 is 0 Å². The Morgan fingerprint density at radius 3 is 2.88 bits per heavy atom. The summed E-state index contributed by atoms with van der Waals surface area (Å²) < 4.78 is 18.4. The maximum Gasteiger partial charge on any atom is 0.138 e. The molecular formula is C12H12FNOS. The van der Waals surface area contributed by atoms with Crippen molar-refractivity contribution in [3.05, 3.63) is 48.2 Å². The number of benzene rings is 1. The first-order valence-corrected chi connectivity index (χ1v) is 6.10. The van der Waals surface area contributed by atoms with Crippen LogP contribution in [-0.2, 0) is 6.54 Å².